The summed E-state index contributed by atoms with van der Waals surface area (Å²) in [4.78, 5) is 22.1. The van der Waals surface area contributed by atoms with Crippen molar-refractivity contribution in [1.29, 1.82) is 0 Å². The number of rotatable bonds is 3. The topological polar surface area (TPSA) is 67.4 Å². The average molecular weight is 186 g/mol. The summed E-state index contributed by atoms with van der Waals surface area (Å²) in [6, 6.07) is -0.521. The van der Waals surface area contributed by atoms with Crippen molar-refractivity contribution in [2.24, 2.45) is 0 Å². The van der Waals surface area contributed by atoms with Crippen molar-refractivity contribution in [3.8, 4) is 0 Å². The van der Waals surface area contributed by atoms with E-state index in [9.17, 15) is 9.59 Å². The molecule has 1 unspecified atom stereocenters. The lowest BCUT2D eigenvalue weighted by molar-refractivity contribution is -0.138. The molecule has 0 bridgehead atoms. The Morgan fingerprint density at radius 3 is 3.15 bits per heavy atom. The van der Waals surface area contributed by atoms with E-state index in [1.165, 1.54) is 0 Å². The third kappa shape index (κ3) is 3.02. The third-order valence-electron chi connectivity index (χ3n) is 1.72. The van der Waals surface area contributed by atoms with Crippen molar-refractivity contribution >= 4 is 11.8 Å². The summed E-state index contributed by atoms with van der Waals surface area (Å²) >= 11 is 0. The SMILES string of the molecule is CCCNC(=O)C1COCC(=O)N1. The summed E-state index contributed by atoms with van der Waals surface area (Å²) in [5.41, 5.74) is 0. The maximum Gasteiger partial charge on any atom is 0.246 e. The van der Waals surface area contributed by atoms with Gasteiger partial charge in [0, 0.05) is 6.54 Å². The summed E-state index contributed by atoms with van der Waals surface area (Å²) < 4.78 is 4.92. The Morgan fingerprint density at radius 1 is 1.77 bits per heavy atom. The predicted molar refractivity (Wildman–Crippen MR) is 46.1 cm³/mol. The quantitative estimate of drug-likeness (QED) is 0.595. The molecule has 1 aliphatic rings. The highest BCUT2D eigenvalue weighted by Gasteiger charge is 2.24. The molecule has 1 atom stereocenters. The molecule has 5 nitrogen and oxygen atoms in total. The van der Waals surface area contributed by atoms with Crippen LogP contribution in [0.2, 0.25) is 0 Å². The molecule has 0 aromatic carbocycles. The van der Waals surface area contributed by atoms with E-state index in [2.05, 4.69) is 10.6 Å². The minimum atomic E-state index is -0.521. The first kappa shape index (κ1) is 9.98. The molecule has 0 aromatic heterocycles. The molecular weight excluding hydrogens is 172 g/mol. The van der Waals surface area contributed by atoms with E-state index in [1.807, 2.05) is 6.92 Å². The average Bonchev–Trinajstić information content (AvgIpc) is 2.14. The van der Waals surface area contributed by atoms with Crippen LogP contribution in [0.3, 0.4) is 0 Å². The highest BCUT2D eigenvalue weighted by atomic mass is 16.5. The van der Waals surface area contributed by atoms with Gasteiger partial charge in [-0.2, -0.15) is 0 Å². The summed E-state index contributed by atoms with van der Waals surface area (Å²) in [6.07, 6.45) is 0.882. The maximum atomic E-state index is 11.3. The van der Waals surface area contributed by atoms with Crippen LogP contribution in [0.15, 0.2) is 0 Å². The zero-order valence-electron chi connectivity index (χ0n) is 7.63. The van der Waals surface area contributed by atoms with Gasteiger partial charge >= 0.3 is 0 Å². The van der Waals surface area contributed by atoms with E-state index in [0.717, 1.165) is 6.42 Å². The molecule has 1 saturated heterocycles. The fourth-order valence-electron chi connectivity index (χ4n) is 1.06. The van der Waals surface area contributed by atoms with Crippen molar-refractivity contribution in [3.05, 3.63) is 0 Å². The molecule has 1 rings (SSSR count). The third-order valence-corrected chi connectivity index (χ3v) is 1.72. The molecule has 1 heterocycles. The Morgan fingerprint density at radius 2 is 2.54 bits per heavy atom. The van der Waals surface area contributed by atoms with Crippen LogP contribution < -0.4 is 10.6 Å². The van der Waals surface area contributed by atoms with Crippen molar-refractivity contribution < 1.29 is 14.3 Å². The Bertz CT molecular complexity index is 206. The second-order valence-electron chi connectivity index (χ2n) is 2.93. The van der Waals surface area contributed by atoms with Gasteiger partial charge in [-0.25, -0.2) is 0 Å². The Labute approximate surface area is 76.8 Å². The molecule has 0 radical (unpaired) electrons. The molecule has 2 N–H and O–H groups in total. The summed E-state index contributed by atoms with van der Waals surface area (Å²) in [5, 5.41) is 5.24. The lowest BCUT2D eigenvalue weighted by Gasteiger charge is -2.22. The van der Waals surface area contributed by atoms with E-state index in [4.69, 9.17) is 4.74 Å². The van der Waals surface area contributed by atoms with E-state index in [0.29, 0.717) is 6.54 Å². The smallest absolute Gasteiger partial charge is 0.246 e. The molecule has 0 aromatic rings. The number of hydrogen-bond donors (Lipinski definition) is 2. The van der Waals surface area contributed by atoms with E-state index >= 15 is 0 Å². The number of morpholine rings is 1. The molecule has 2 amide bonds. The summed E-state index contributed by atoms with van der Waals surface area (Å²) in [7, 11) is 0. The second-order valence-corrected chi connectivity index (χ2v) is 2.93. The second kappa shape index (κ2) is 4.81. The first-order valence-corrected chi connectivity index (χ1v) is 4.39. The number of hydrogen-bond acceptors (Lipinski definition) is 3. The van der Waals surface area contributed by atoms with Crippen LogP contribution in [0.1, 0.15) is 13.3 Å². The lowest BCUT2D eigenvalue weighted by atomic mass is 10.2. The lowest BCUT2D eigenvalue weighted by Crippen LogP contribution is -2.53. The molecule has 5 heteroatoms. The normalized spacial score (nSPS) is 22.2. The van der Waals surface area contributed by atoms with E-state index < -0.39 is 6.04 Å². The van der Waals surface area contributed by atoms with Gasteiger partial charge in [0.2, 0.25) is 11.8 Å². The van der Waals surface area contributed by atoms with Crippen LogP contribution >= 0.6 is 0 Å². The van der Waals surface area contributed by atoms with Crippen LogP contribution in [0.25, 0.3) is 0 Å². The van der Waals surface area contributed by atoms with Gasteiger partial charge in [0.15, 0.2) is 0 Å². The van der Waals surface area contributed by atoms with Crippen molar-refractivity contribution in [2.45, 2.75) is 19.4 Å². The molecular formula is C8H14N2O3. The number of carbonyl (C=O) groups excluding carboxylic acids is 2. The van der Waals surface area contributed by atoms with Crippen molar-refractivity contribution in [3.63, 3.8) is 0 Å². The van der Waals surface area contributed by atoms with Gasteiger partial charge in [-0.05, 0) is 6.42 Å². The molecule has 1 fully saturated rings. The van der Waals surface area contributed by atoms with Gasteiger partial charge in [0.25, 0.3) is 0 Å². The predicted octanol–water partition coefficient (Wildman–Crippen LogP) is -0.972. The van der Waals surface area contributed by atoms with E-state index in [-0.39, 0.29) is 25.0 Å². The van der Waals surface area contributed by atoms with Gasteiger partial charge in [-0.3, -0.25) is 9.59 Å². The first-order chi connectivity index (χ1) is 6.24. The Balaban J connectivity index is 2.32. The molecule has 0 spiro atoms. The van der Waals surface area contributed by atoms with Crippen LogP contribution in [0.5, 0.6) is 0 Å². The summed E-state index contributed by atoms with van der Waals surface area (Å²) in [5.74, 6) is -0.405. The Kier molecular flexibility index (Phi) is 3.70. The molecule has 1 aliphatic heterocycles. The summed E-state index contributed by atoms with van der Waals surface area (Å²) in [6.45, 7) is 2.92. The standard InChI is InChI=1S/C8H14N2O3/c1-2-3-9-8(12)6-4-13-5-7(11)10-6/h6H,2-5H2,1H3,(H,9,12)(H,10,11). The fourth-order valence-corrected chi connectivity index (χ4v) is 1.06. The van der Waals surface area contributed by atoms with Crippen molar-refractivity contribution in [2.75, 3.05) is 19.8 Å². The molecule has 0 saturated carbocycles. The zero-order valence-corrected chi connectivity index (χ0v) is 7.63. The first-order valence-electron chi connectivity index (χ1n) is 4.39. The Hall–Kier alpha value is -1.10. The number of nitrogens with one attached hydrogen (secondary N) is 2. The molecule has 74 valence electrons. The van der Waals surface area contributed by atoms with Gasteiger partial charge in [0.1, 0.15) is 12.6 Å². The minimum Gasteiger partial charge on any atom is -0.369 e. The van der Waals surface area contributed by atoms with Crippen LogP contribution in [0.4, 0.5) is 0 Å². The van der Waals surface area contributed by atoms with Gasteiger partial charge in [-0.15, -0.1) is 0 Å². The highest BCUT2D eigenvalue weighted by Crippen LogP contribution is 1.94. The largest absolute Gasteiger partial charge is 0.369 e. The minimum absolute atomic E-state index is 0.0531. The van der Waals surface area contributed by atoms with Crippen LogP contribution in [-0.2, 0) is 14.3 Å². The maximum absolute atomic E-state index is 11.3. The number of amides is 2. The highest BCUT2D eigenvalue weighted by molar-refractivity contribution is 5.88. The molecule has 13 heavy (non-hydrogen) atoms. The van der Waals surface area contributed by atoms with E-state index in [1.54, 1.807) is 0 Å². The molecule has 0 aliphatic carbocycles. The van der Waals surface area contributed by atoms with Crippen LogP contribution in [-0.4, -0.2) is 37.6 Å². The van der Waals surface area contributed by atoms with Crippen molar-refractivity contribution in [1.82, 2.24) is 10.6 Å². The number of ether oxygens (including phenoxy) is 1. The van der Waals surface area contributed by atoms with Crippen LogP contribution in [0, 0.1) is 0 Å². The monoisotopic (exact) mass is 186 g/mol. The zero-order chi connectivity index (χ0) is 9.68. The van der Waals surface area contributed by atoms with Gasteiger partial charge in [-0.1, -0.05) is 6.92 Å². The number of carbonyl (C=O) groups is 2. The fraction of sp³-hybridized carbons (Fsp3) is 0.750. The van der Waals surface area contributed by atoms with Gasteiger partial charge < -0.3 is 15.4 Å². The van der Waals surface area contributed by atoms with Gasteiger partial charge in [0.05, 0.1) is 6.61 Å².